The first-order valence-electron chi connectivity index (χ1n) is 9.00. The molecule has 27 heavy (non-hydrogen) atoms. The van der Waals surface area contributed by atoms with E-state index in [1.807, 2.05) is 30.3 Å². The zero-order valence-electron chi connectivity index (χ0n) is 15.1. The SMILES string of the molecule is COc1ccc(-c2cnc3ccccc3n2)cc1S(=O)(=O)N1CCCCC1. The molecule has 1 fully saturated rings. The van der Waals surface area contributed by atoms with E-state index in [4.69, 9.17) is 4.74 Å². The molecule has 0 bridgehead atoms. The fraction of sp³-hybridized carbons (Fsp3) is 0.300. The second-order valence-electron chi connectivity index (χ2n) is 6.57. The Hall–Kier alpha value is -2.51. The number of sulfonamides is 1. The van der Waals surface area contributed by atoms with E-state index in [2.05, 4.69) is 9.97 Å². The lowest BCUT2D eigenvalue weighted by Gasteiger charge is -2.26. The summed E-state index contributed by atoms with van der Waals surface area (Å²) >= 11 is 0. The molecule has 0 spiro atoms. The average Bonchev–Trinajstić information content (AvgIpc) is 2.73. The van der Waals surface area contributed by atoms with Crippen LogP contribution in [0.25, 0.3) is 22.3 Å². The number of ether oxygens (including phenoxy) is 1. The molecule has 2 heterocycles. The van der Waals surface area contributed by atoms with E-state index < -0.39 is 10.0 Å². The highest BCUT2D eigenvalue weighted by Crippen LogP contribution is 2.32. The fourth-order valence-electron chi connectivity index (χ4n) is 3.38. The molecule has 0 unspecified atom stereocenters. The zero-order chi connectivity index (χ0) is 18.9. The molecule has 1 aliphatic rings. The summed E-state index contributed by atoms with van der Waals surface area (Å²) in [6.07, 6.45) is 4.51. The first-order chi connectivity index (χ1) is 13.1. The third-order valence-electron chi connectivity index (χ3n) is 4.84. The van der Waals surface area contributed by atoms with Crippen LogP contribution in [-0.2, 0) is 10.0 Å². The van der Waals surface area contributed by atoms with Crippen molar-refractivity contribution in [2.45, 2.75) is 24.2 Å². The van der Waals surface area contributed by atoms with Gasteiger partial charge in [0.15, 0.2) is 0 Å². The molecule has 6 nitrogen and oxygen atoms in total. The van der Waals surface area contributed by atoms with Gasteiger partial charge in [0.25, 0.3) is 0 Å². The Morgan fingerprint density at radius 3 is 2.48 bits per heavy atom. The molecule has 0 aliphatic carbocycles. The minimum Gasteiger partial charge on any atom is -0.495 e. The highest BCUT2D eigenvalue weighted by atomic mass is 32.2. The predicted octanol–water partition coefficient (Wildman–Crippen LogP) is 3.48. The lowest BCUT2D eigenvalue weighted by atomic mass is 10.1. The van der Waals surface area contributed by atoms with Crippen molar-refractivity contribution in [3.05, 3.63) is 48.7 Å². The number of rotatable bonds is 4. The predicted molar refractivity (Wildman–Crippen MR) is 104 cm³/mol. The minimum absolute atomic E-state index is 0.180. The largest absolute Gasteiger partial charge is 0.495 e. The maximum absolute atomic E-state index is 13.2. The van der Waals surface area contributed by atoms with Crippen LogP contribution in [0.5, 0.6) is 5.75 Å². The van der Waals surface area contributed by atoms with E-state index in [-0.39, 0.29) is 4.90 Å². The summed E-state index contributed by atoms with van der Waals surface area (Å²) in [6, 6.07) is 12.7. The molecule has 140 valence electrons. The Labute approximate surface area is 158 Å². The first kappa shape index (κ1) is 17.9. The van der Waals surface area contributed by atoms with Gasteiger partial charge in [-0.2, -0.15) is 4.31 Å². The van der Waals surface area contributed by atoms with Gasteiger partial charge in [-0.3, -0.25) is 4.98 Å². The zero-order valence-corrected chi connectivity index (χ0v) is 15.9. The van der Waals surface area contributed by atoms with Crippen molar-refractivity contribution >= 4 is 21.1 Å². The van der Waals surface area contributed by atoms with Crippen molar-refractivity contribution in [3.63, 3.8) is 0 Å². The number of benzene rings is 2. The van der Waals surface area contributed by atoms with Gasteiger partial charge in [0.1, 0.15) is 10.6 Å². The third-order valence-corrected chi connectivity index (χ3v) is 6.76. The van der Waals surface area contributed by atoms with E-state index >= 15 is 0 Å². The summed E-state index contributed by atoms with van der Waals surface area (Å²) in [7, 11) is -2.13. The van der Waals surface area contributed by atoms with Gasteiger partial charge in [-0.05, 0) is 43.2 Å². The van der Waals surface area contributed by atoms with Gasteiger partial charge in [-0.15, -0.1) is 0 Å². The lowest BCUT2D eigenvalue weighted by molar-refractivity contribution is 0.343. The molecule has 1 aromatic heterocycles. The first-order valence-corrected chi connectivity index (χ1v) is 10.4. The fourth-order valence-corrected chi connectivity index (χ4v) is 5.08. The Bertz CT molecular complexity index is 1080. The monoisotopic (exact) mass is 383 g/mol. The van der Waals surface area contributed by atoms with Crippen LogP contribution in [0, 0.1) is 0 Å². The van der Waals surface area contributed by atoms with Crippen LogP contribution < -0.4 is 4.74 Å². The molecule has 0 radical (unpaired) electrons. The summed E-state index contributed by atoms with van der Waals surface area (Å²) < 4.78 is 33.2. The number of hydrogen-bond donors (Lipinski definition) is 0. The summed E-state index contributed by atoms with van der Waals surface area (Å²) in [6.45, 7) is 1.09. The van der Waals surface area contributed by atoms with E-state index in [1.165, 1.54) is 7.11 Å². The smallest absolute Gasteiger partial charge is 0.246 e. The van der Waals surface area contributed by atoms with Crippen LogP contribution in [0.1, 0.15) is 19.3 Å². The molecule has 3 aromatic rings. The van der Waals surface area contributed by atoms with Crippen LogP contribution in [0.2, 0.25) is 0 Å². The van der Waals surface area contributed by atoms with Crippen molar-refractivity contribution in [1.82, 2.24) is 14.3 Å². The Morgan fingerprint density at radius 1 is 1.00 bits per heavy atom. The van der Waals surface area contributed by atoms with Crippen LogP contribution in [-0.4, -0.2) is 42.9 Å². The lowest BCUT2D eigenvalue weighted by Crippen LogP contribution is -2.35. The maximum atomic E-state index is 13.2. The van der Waals surface area contributed by atoms with Crippen LogP contribution in [0.4, 0.5) is 0 Å². The molecular weight excluding hydrogens is 362 g/mol. The van der Waals surface area contributed by atoms with E-state index in [1.54, 1.807) is 22.6 Å². The topological polar surface area (TPSA) is 72.4 Å². The van der Waals surface area contributed by atoms with Crippen molar-refractivity contribution in [1.29, 1.82) is 0 Å². The Kier molecular flexibility index (Phi) is 4.80. The van der Waals surface area contributed by atoms with Gasteiger partial charge in [-0.25, -0.2) is 13.4 Å². The number of para-hydroxylation sites is 2. The van der Waals surface area contributed by atoms with Crippen LogP contribution in [0.15, 0.2) is 53.6 Å². The van der Waals surface area contributed by atoms with Gasteiger partial charge in [0, 0.05) is 18.7 Å². The van der Waals surface area contributed by atoms with Crippen molar-refractivity contribution < 1.29 is 13.2 Å². The molecule has 1 aliphatic heterocycles. The van der Waals surface area contributed by atoms with Crippen molar-refractivity contribution in [2.24, 2.45) is 0 Å². The highest BCUT2D eigenvalue weighted by Gasteiger charge is 2.29. The van der Waals surface area contributed by atoms with Gasteiger partial charge >= 0.3 is 0 Å². The normalized spacial score (nSPS) is 15.7. The summed E-state index contributed by atoms with van der Waals surface area (Å²) in [5, 5.41) is 0. The number of methoxy groups -OCH3 is 1. The standard InChI is InChI=1S/C20H21N3O3S/c1-26-19-10-9-15(18-14-21-16-7-3-4-8-17(16)22-18)13-20(19)27(24,25)23-11-5-2-6-12-23/h3-4,7-10,13-14H,2,5-6,11-12H2,1H3. The second-order valence-corrected chi connectivity index (χ2v) is 8.48. The molecule has 1 saturated heterocycles. The summed E-state index contributed by atoms with van der Waals surface area (Å²) in [5.74, 6) is 0.345. The van der Waals surface area contributed by atoms with E-state index in [0.717, 1.165) is 30.3 Å². The third kappa shape index (κ3) is 3.40. The maximum Gasteiger partial charge on any atom is 0.246 e. The quantitative estimate of drug-likeness (QED) is 0.690. The van der Waals surface area contributed by atoms with Gasteiger partial charge in [0.2, 0.25) is 10.0 Å². The number of nitrogens with zero attached hydrogens (tertiary/aromatic N) is 3. The van der Waals surface area contributed by atoms with Gasteiger partial charge in [0.05, 0.1) is 30.0 Å². The highest BCUT2D eigenvalue weighted by molar-refractivity contribution is 7.89. The molecule has 4 rings (SSSR count). The Balaban J connectivity index is 1.80. The van der Waals surface area contributed by atoms with Gasteiger partial charge in [-0.1, -0.05) is 18.6 Å². The molecule has 0 amide bonds. The van der Waals surface area contributed by atoms with E-state index in [9.17, 15) is 8.42 Å². The Morgan fingerprint density at radius 2 is 1.74 bits per heavy atom. The van der Waals surface area contributed by atoms with Crippen LogP contribution in [0.3, 0.4) is 0 Å². The van der Waals surface area contributed by atoms with Crippen LogP contribution >= 0.6 is 0 Å². The number of aromatic nitrogens is 2. The van der Waals surface area contributed by atoms with E-state index in [0.29, 0.717) is 30.1 Å². The van der Waals surface area contributed by atoms with Crippen molar-refractivity contribution in [3.8, 4) is 17.0 Å². The second kappa shape index (κ2) is 7.25. The molecule has 7 heteroatoms. The number of piperidine rings is 1. The number of hydrogen-bond acceptors (Lipinski definition) is 5. The average molecular weight is 383 g/mol. The van der Waals surface area contributed by atoms with Crippen molar-refractivity contribution in [2.75, 3.05) is 20.2 Å². The molecular formula is C20H21N3O3S. The summed E-state index contributed by atoms with van der Waals surface area (Å²) in [4.78, 5) is 9.23. The minimum atomic E-state index is -3.62. The molecule has 0 saturated carbocycles. The molecule has 0 N–H and O–H groups in total. The number of fused-ring (bicyclic) bond motifs is 1. The summed E-state index contributed by atoms with van der Waals surface area (Å²) in [5.41, 5.74) is 2.90. The molecule has 0 atom stereocenters. The van der Waals surface area contributed by atoms with Gasteiger partial charge < -0.3 is 4.74 Å². The molecule has 2 aromatic carbocycles.